The first-order valence-corrected chi connectivity index (χ1v) is 7.56. The van der Waals surface area contributed by atoms with E-state index in [9.17, 15) is 9.59 Å². The quantitative estimate of drug-likeness (QED) is 0.645. The summed E-state index contributed by atoms with van der Waals surface area (Å²) in [5.74, 6) is -0.882. The number of pyridine rings is 1. The van der Waals surface area contributed by atoms with Crippen LogP contribution in [0.3, 0.4) is 0 Å². The number of carbonyl (C=O) groups excluding carboxylic acids is 2. The van der Waals surface area contributed by atoms with Gasteiger partial charge in [0, 0.05) is 26.0 Å². The fourth-order valence-corrected chi connectivity index (χ4v) is 2.99. The molecule has 5 nitrogen and oxygen atoms in total. The number of amides is 1. The topological polar surface area (TPSA) is 55.2 Å². The van der Waals surface area contributed by atoms with Crippen LogP contribution < -0.4 is 0 Å². The van der Waals surface area contributed by atoms with E-state index in [4.69, 9.17) is 0 Å². The fraction of sp³-hybridized carbons (Fsp3) is 0.353. The molecule has 1 fully saturated rings. The average molecular weight is 297 g/mol. The van der Waals surface area contributed by atoms with Crippen molar-refractivity contribution < 1.29 is 9.59 Å². The first-order chi connectivity index (χ1) is 10.7. The SMILES string of the molecule is Cn1cccc1C(=O)C(=O)N1CCCCC1c1ccccn1. The van der Waals surface area contributed by atoms with Crippen molar-refractivity contribution in [1.29, 1.82) is 0 Å². The molecule has 22 heavy (non-hydrogen) atoms. The van der Waals surface area contributed by atoms with Gasteiger partial charge in [-0.3, -0.25) is 14.6 Å². The van der Waals surface area contributed by atoms with E-state index in [0.717, 1.165) is 25.0 Å². The van der Waals surface area contributed by atoms with Crippen molar-refractivity contribution in [2.75, 3.05) is 6.54 Å². The van der Waals surface area contributed by atoms with Crippen LogP contribution in [-0.4, -0.2) is 32.7 Å². The van der Waals surface area contributed by atoms with Gasteiger partial charge < -0.3 is 9.47 Å². The van der Waals surface area contributed by atoms with Crippen molar-refractivity contribution in [3.63, 3.8) is 0 Å². The number of aromatic nitrogens is 2. The molecule has 1 aliphatic heterocycles. The Morgan fingerprint density at radius 3 is 2.73 bits per heavy atom. The van der Waals surface area contributed by atoms with E-state index >= 15 is 0 Å². The van der Waals surface area contributed by atoms with Gasteiger partial charge in [0.25, 0.3) is 11.7 Å². The number of piperidine rings is 1. The Morgan fingerprint density at radius 2 is 2.05 bits per heavy atom. The normalized spacial score (nSPS) is 18.2. The minimum atomic E-state index is -0.449. The Hall–Kier alpha value is -2.43. The second kappa shape index (κ2) is 6.13. The maximum absolute atomic E-state index is 12.7. The number of hydrogen-bond donors (Lipinski definition) is 0. The van der Waals surface area contributed by atoms with Gasteiger partial charge in [-0.2, -0.15) is 0 Å². The Balaban J connectivity index is 1.86. The summed E-state index contributed by atoms with van der Waals surface area (Å²) in [5, 5.41) is 0. The molecule has 0 saturated carbocycles. The van der Waals surface area contributed by atoms with E-state index in [1.54, 1.807) is 41.0 Å². The molecule has 0 spiro atoms. The molecule has 3 rings (SSSR count). The largest absolute Gasteiger partial charge is 0.348 e. The van der Waals surface area contributed by atoms with Crippen molar-refractivity contribution in [2.45, 2.75) is 25.3 Å². The van der Waals surface area contributed by atoms with Crippen molar-refractivity contribution in [1.82, 2.24) is 14.5 Å². The van der Waals surface area contributed by atoms with E-state index in [1.165, 1.54) is 0 Å². The summed E-state index contributed by atoms with van der Waals surface area (Å²) in [6.07, 6.45) is 6.32. The minimum absolute atomic E-state index is 0.105. The van der Waals surface area contributed by atoms with Crippen LogP contribution in [0.1, 0.15) is 41.5 Å². The molecule has 1 atom stereocenters. The number of aryl methyl sites for hydroxylation is 1. The highest BCUT2D eigenvalue weighted by molar-refractivity contribution is 6.42. The minimum Gasteiger partial charge on any atom is -0.348 e. The number of Topliss-reactive ketones (excluding diaryl/α,β-unsaturated/α-hetero) is 1. The van der Waals surface area contributed by atoms with Gasteiger partial charge in [0.05, 0.1) is 17.4 Å². The number of nitrogens with zero attached hydrogens (tertiary/aromatic N) is 3. The van der Waals surface area contributed by atoms with Crippen molar-refractivity contribution in [3.05, 3.63) is 54.1 Å². The third-order valence-corrected chi connectivity index (χ3v) is 4.16. The van der Waals surface area contributed by atoms with E-state index in [1.807, 2.05) is 18.2 Å². The molecule has 0 radical (unpaired) electrons. The van der Waals surface area contributed by atoms with Crippen LogP contribution >= 0.6 is 0 Å². The number of rotatable bonds is 3. The number of likely N-dealkylation sites (tertiary alicyclic amines) is 1. The van der Waals surface area contributed by atoms with E-state index in [-0.39, 0.29) is 6.04 Å². The number of hydrogen-bond acceptors (Lipinski definition) is 3. The number of carbonyl (C=O) groups is 2. The lowest BCUT2D eigenvalue weighted by molar-refractivity contribution is -0.130. The van der Waals surface area contributed by atoms with E-state index < -0.39 is 11.7 Å². The molecule has 1 aliphatic rings. The van der Waals surface area contributed by atoms with Crippen LogP contribution in [-0.2, 0) is 11.8 Å². The zero-order valence-corrected chi connectivity index (χ0v) is 12.6. The maximum Gasteiger partial charge on any atom is 0.297 e. The molecule has 0 bridgehead atoms. The summed E-state index contributed by atoms with van der Waals surface area (Å²) in [5.41, 5.74) is 1.28. The highest BCUT2D eigenvalue weighted by Gasteiger charge is 2.33. The monoisotopic (exact) mass is 297 g/mol. The molecule has 2 aromatic heterocycles. The zero-order valence-electron chi connectivity index (χ0n) is 12.6. The van der Waals surface area contributed by atoms with Crippen LogP contribution in [0.15, 0.2) is 42.7 Å². The molecular formula is C17H19N3O2. The van der Waals surface area contributed by atoms with Crippen LogP contribution in [0.5, 0.6) is 0 Å². The highest BCUT2D eigenvalue weighted by Crippen LogP contribution is 2.30. The first-order valence-electron chi connectivity index (χ1n) is 7.56. The summed E-state index contributed by atoms with van der Waals surface area (Å²) in [6.45, 7) is 0.607. The predicted octanol–water partition coefficient (Wildman–Crippen LogP) is 2.36. The molecule has 3 heterocycles. The van der Waals surface area contributed by atoms with Crippen LogP contribution in [0.25, 0.3) is 0 Å². The summed E-state index contributed by atoms with van der Waals surface area (Å²) in [7, 11) is 1.77. The Kier molecular flexibility index (Phi) is 4.04. The maximum atomic E-state index is 12.7. The van der Waals surface area contributed by atoms with Gasteiger partial charge in [0.1, 0.15) is 0 Å². The molecule has 114 valence electrons. The van der Waals surface area contributed by atoms with Gasteiger partial charge in [-0.25, -0.2) is 0 Å². The standard InChI is InChI=1S/C17H19N3O2/c1-19-11-6-9-15(19)16(21)17(22)20-12-5-3-8-14(20)13-7-2-4-10-18-13/h2,4,6-7,9-11,14H,3,5,8,12H2,1H3. The molecule has 5 heteroatoms. The molecule has 0 N–H and O–H groups in total. The summed E-state index contributed by atoms with van der Waals surface area (Å²) >= 11 is 0. The Bertz CT molecular complexity index is 678. The van der Waals surface area contributed by atoms with Crippen LogP contribution in [0.4, 0.5) is 0 Å². The molecule has 2 aromatic rings. The highest BCUT2D eigenvalue weighted by atomic mass is 16.2. The van der Waals surface area contributed by atoms with Gasteiger partial charge in [0.15, 0.2) is 0 Å². The van der Waals surface area contributed by atoms with Crippen LogP contribution in [0.2, 0.25) is 0 Å². The molecule has 1 saturated heterocycles. The molecule has 1 amide bonds. The summed E-state index contributed by atoms with van der Waals surface area (Å²) < 4.78 is 1.68. The van der Waals surface area contributed by atoms with Gasteiger partial charge in [-0.05, 0) is 43.5 Å². The lowest BCUT2D eigenvalue weighted by Crippen LogP contribution is -2.43. The molecule has 0 aromatic carbocycles. The lowest BCUT2D eigenvalue weighted by atomic mass is 9.98. The predicted molar refractivity (Wildman–Crippen MR) is 82.3 cm³/mol. The second-order valence-corrected chi connectivity index (χ2v) is 5.60. The van der Waals surface area contributed by atoms with Gasteiger partial charge in [-0.15, -0.1) is 0 Å². The summed E-state index contributed by atoms with van der Waals surface area (Å²) in [6, 6.07) is 9.04. The average Bonchev–Trinajstić information content (AvgIpc) is 3.00. The van der Waals surface area contributed by atoms with Gasteiger partial charge >= 0.3 is 0 Å². The molecule has 0 aliphatic carbocycles. The smallest absolute Gasteiger partial charge is 0.297 e. The second-order valence-electron chi connectivity index (χ2n) is 5.60. The zero-order chi connectivity index (χ0) is 15.5. The third-order valence-electron chi connectivity index (χ3n) is 4.16. The number of ketones is 1. The Labute approximate surface area is 129 Å². The van der Waals surface area contributed by atoms with Crippen LogP contribution in [0, 0.1) is 0 Å². The van der Waals surface area contributed by atoms with E-state index in [2.05, 4.69) is 4.98 Å². The molecule has 1 unspecified atom stereocenters. The molecular weight excluding hydrogens is 278 g/mol. The summed E-state index contributed by atoms with van der Waals surface area (Å²) in [4.78, 5) is 31.2. The van der Waals surface area contributed by atoms with Gasteiger partial charge in [0.2, 0.25) is 0 Å². The Morgan fingerprint density at radius 1 is 1.18 bits per heavy atom. The first kappa shape index (κ1) is 14.5. The van der Waals surface area contributed by atoms with Gasteiger partial charge in [-0.1, -0.05) is 6.07 Å². The lowest BCUT2D eigenvalue weighted by Gasteiger charge is -2.34. The van der Waals surface area contributed by atoms with Crippen molar-refractivity contribution in [3.8, 4) is 0 Å². The van der Waals surface area contributed by atoms with E-state index in [0.29, 0.717) is 12.2 Å². The van der Waals surface area contributed by atoms with Crippen molar-refractivity contribution in [2.24, 2.45) is 7.05 Å². The third kappa shape index (κ3) is 2.66. The van der Waals surface area contributed by atoms with Crippen molar-refractivity contribution >= 4 is 11.7 Å². The fourth-order valence-electron chi connectivity index (χ4n) is 2.99.